The Kier molecular flexibility index (Phi) is 5.11. The summed E-state index contributed by atoms with van der Waals surface area (Å²) in [5.74, 6) is -0.486. The average molecular weight is 380 g/mol. The minimum atomic E-state index is -0.486. The van der Waals surface area contributed by atoms with Crippen LogP contribution < -0.4 is 10.2 Å². The maximum Gasteiger partial charge on any atom is 0.293 e. The van der Waals surface area contributed by atoms with Crippen molar-refractivity contribution in [3.63, 3.8) is 0 Å². The van der Waals surface area contributed by atoms with Gasteiger partial charge in [-0.3, -0.25) is 14.9 Å². The Hall–Kier alpha value is -2.31. The van der Waals surface area contributed by atoms with Gasteiger partial charge in [0.1, 0.15) is 5.69 Å². The first-order chi connectivity index (χ1) is 12.0. The van der Waals surface area contributed by atoms with Gasteiger partial charge in [0.15, 0.2) is 0 Å². The van der Waals surface area contributed by atoms with E-state index in [0.717, 1.165) is 25.9 Å². The molecule has 0 bridgehead atoms. The molecule has 0 aromatic heterocycles. The molecule has 1 fully saturated rings. The largest absolute Gasteiger partial charge is 0.366 e. The number of hydrogen-bond acceptors (Lipinski definition) is 4. The van der Waals surface area contributed by atoms with Crippen LogP contribution in [-0.2, 0) is 0 Å². The molecule has 1 aliphatic rings. The van der Waals surface area contributed by atoms with E-state index in [4.69, 9.17) is 23.2 Å². The van der Waals surface area contributed by atoms with Gasteiger partial charge in [-0.15, -0.1) is 0 Å². The van der Waals surface area contributed by atoms with Crippen molar-refractivity contribution in [3.05, 3.63) is 62.1 Å². The molecule has 0 unspecified atom stereocenters. The van der Waals surface area contributed by atoms with Gasteiger partial charge in [0.25, 0.3) is 11.6 Å². The number of carbonyl (C=O) groups excluding carboxylic acids is 1. The first kappa shape index (κ1) is 17.5. The molecule has 0 aliphatic carbocycles. The third-order valence-electron chi connectivity index (χ3n) is 4.06. The Bertz CT molecular complexity index is 836. The van der Waals surface area contributed by atoms with Crippen molar-refractivity contribution in [2.75, 3.05) is 23.3 Å². The molecular formula is C17H15Cl2N3O3. The molecule has 0 atom stereocenters. The van der Waals surface area contributed by atoms with E-state index in [1.165, 1.54) is 12.1 Å². The molecule has 3 rings (SSSR count). The molecule has 2 aromatic carbocycles. The predicted octanol–water partition coefficient (Wildman–Crippen LogP) is 4.75. The maximum absolute atomic E-state index is 12.4. The van der Waals surface area contributed by atoms with Crippen molar-refractivity contribution in [2.24, 2.45) is 0 Å². The van der Waals surface area contributed by atoms with Crippen molar-refractivity contribution >= 4 is 46.2 Å². The van der Waals surface area contributed by atoms with Crippen molar-refractivity contribution in [3.8, 4) is 0 Å². The van der Waals surface area contributed by atoms with E-state index in [2.05, 4.69) is 5.32 Å². The molecule has 1 heterocycles. The summed E-state index contributed by atoms with van der Waals surface area (Å²) in [7, 11) is 0. The smallest absolute Gasteiger partial charge is 0.293 e. The van der Waals surface area contributed by atoms with Gasteiger partial charge in [-0.05, 0) is 43.2 Å². The number of rotatable bonds is 4. The first-order valence-electron chi connectivity index (χ1n) is 7.75. The molecule has 0 saturated carbocycles. The number of nitrogens with zero attached hydrogens (tertiary/aromatic N) is 2. The lowest BCUT2D eigenvalue weighted by Crippen LogP contribution is -2.20. The van der Waals surface area contributed by atoms with Crippen LogP contribution in [0.1, 0.15) is 23.2 Å². The quantitative estimate of drug-likeness (QED) is 0.613. The summed E-state index contributed by atoms with van der Waals surface area (Å²) in [6.07, 6.45) is 2.01. The second-order valence-electron chi connectivity index (χ2n) is 5.73. The third kappa shape index (κ3) is 3.86. The van der Waals surface area contributed by atoms with Gasteiger partial charge in [0.2, 0.25) is 0 Å². The van der Waals surface area contributed by atoms with Crippen LogP contribution in [0, 0.1) is 10.1 Å². The number of anilines is 2. The van der Waals surface area contributed by atoms with Crippen LogP contribution in [0.25, 0.3) is 0 Å². The summed E-state index contributed by atoms with van der Waals surface area (Å²) in [5, 5.41) is 14.8. The van der Waals surface area contributed by atoms with E-state index >= 15 is 0 Å². The standard InChI is InChI=1S/C17H15Cl2N3O3/c18-12-4-5-13(19)14(10-12)20-17(23)11-3-6-15(16(9-11)22(24)25)21-7-1-2-8-21/h3-6,9-10H,1-2,7-8H2,(H,20,23). The number of benzene rings is 2. The van der Waals surface area contributed by atoms with E-state index < -0.39 is 10.8 Å². The summed E-state index contributed by atoms with van der Waals surface area (Å²) in [4.78, 5) is 25.4. The lowest BCUT2D eigenvalue weighted by atomic mass is 10.1. The summed E-state index contributed by atoms with van der Waals surface area (Å²) in [6, 6.07) is 9.19. The molecule has 0 spiro atoms. The zero-order valence-electron chi connectivity index (χ0n) is 13.2. The van der Waals surface area contributed by atoms with Crippen LogP contribution in [0.4, 0.5) is 17.1 Å². The van der Waals surface area contributed by atoms with Gasteiger partial charge >= 0.3 is 0 Å². The zero-order valence-corrected chi connectivity index (χ0v) is 14.7. The predicted molar refractivity (Wildman–Crippen MR) is 99.0 cm³/mol. The molecule has 0 radical (unpaired) electrons. The van der Waals surface area contributed by atoms with Gasteiger partial charge in [0, 0.05) is 29.7 Å². The Morgan fingerprint density at radius 2 is 1.84 bits per heavy atom. The van der Waals surface area contributed by atoms with E-state index in [0.29, 0.717) is 21.4 Å². The molecule has 1 amide bonds. The van der Waals surface area contributed by atoms with E-state index in [1.807, 2.05) is 4.90 Å². The van der Waals surface area contributed by atoms with Crippen molar-refractivity contribution in [2.45, 2.75) is 12.8 Å². The minimum Gasteiger partial charge on any atom is -0.366 e. The average Bonchev–Trinajstić information content (AvgIpc) is 3.12. The Morgan fingerprint density at radius 1 is 1.12 bits per heavy atom. The number of hydrogen-bond donors (Lipinski definition) is 1. The van der Waals surface area contributed by atoms with Gasteiger partial charge in [-0.25, -0.2) is 0 Å². The highest BCUT2D eigenvalue weighted by molar-refractivity contribution is 6.35. The molecular weight excluding hydrogens is 365 g/mol. The van der Waals surface area contributed by atoms with Crippen molar-refractivity contribution in [1.29, 1.82) is 0 Å². The number of amides is 1. The molecule has 8 heteroatoms. The lowest BCUT2D eigenvalue weighted by Gasteiger charge is -2.18. The zero-order chi connectivity index (χ0) is 18.0. The van der Waals surface area contributed by atoms with Crippen LogP contribution >= 0.6 is 23.2 Å². The highest BCUT2D eigenvalue weighted by Crippen LogP contribution is 2.32. The molecule has 1 aliphatic heterocycles. The SMILES string of the molecule is O=C(Nc1cc(Cl)ccc1Cl)c1ccc(N2CCCC2)c([N+](=O)[O-])c1. The van der Waals surface area contributed by atoms with Crippen LogP contribution in [-0.4, -0.2) is 23.9 Å². The number of halogens is 2. The van der Waals surface area contributed by atoms with E-state index in [1.54, 1.807) is 24.3 Å². The van der Waals surface area contributed by atoms with Gasteiger partial charge < -0.3 is 10.2 Å². The molecule has 130 valence electrons. The summed E-state index contributed by atoms with van der Waals surface area (Å²) >= 11 is 11.9. The monoisotopic (exact) mass is 379 g/mol. The fourth-order valence-electron chi connectivity index (χ4n) is 2.82. The van der Waals surface area contributed by atoms with Gasteiger partial charge in [-0.1, -0.05) is 23.2 Å². The van der Waals surface area contributed by atoms with E-state index in [-0.39, 0.29) is 11.3 Å². The fourth-order valence-corrected chi connectivity index (χ4v) is 3.16. The normalized spacial score (nSPS) is 13.8. The second kappa shape index (κ2) is 7.29. The number of nitrogens with one attached hydrogen (secondary N) is 1. The molecule has 1 N–H and O–H groups in total. The van der Waals surface area contributed by atoms with E-state index in [9.17, 15) is 14.9 Å². The fraction of sp³-hybridized carbons (Fsp3) is 0.235. The molecule has 2 aromatic rings. The van der Waals surface area contributed by atoms with Crippen LogP contribution in [0.5, 0.6) is 0 Å². The van der Waals surface area contributed by atoms with Crippen LogP contribution in [0.3, 0.4) is 0 Å². The third-order valence-corrected chi connectivity index (χ3v) is 4.62. The summed E-state index contributed by atoms with van der Waals surface area (Å²) < 4.78 is 0. The van der Waals surface area contributed by atoms with Gasteiger partial charge in [-0.2, -0.15) is 0 Å². The highest BCUT2D eigenvalue weighted by atomic mass is 35.5. The molecule has 1 saturated heterocycles. The Morgan fingerprint density at radius 3 is 2.52 bits per heavy atom. The first-order valence-corrected chi connectivity index (χ1v) is 8.51. The molecule has 25 heavy (non-hydrogen) atoms. The topological polar surface area (TPSA) is 75.5 Å². The van der Waals surface area contributed by atoms with Gasteiger partial charge in [0.05, 0.1) is 15.6 Å². The maximum atomic E-state index is 12.4. The van der Waals surface area contributed by atoms with Crippen LogP contribution in [0.2, 0.25) is 10.0 Å². The summed E-state index contributed by atoms with van der Waals surface area (Å²) in [5.41, 5.74) is 1.00. The molecule has 6 nitrogen and oxygen atoms in total. The highest BCUT2D eigenvalue weighted by Gasteiger charge is 2.24. The number of nitro benzene ring substituents is 1. The van der Waals surface area contributed by atoms with Crippen molar-refractivity contribution < 1.29 is 9.72 Å². The number of carbonyl (C=O) groups is 1. The lowest BCUT2D eigenvalue weighted by molar-refractivity contribution is -0.384. The minimum absolute atomic E-state index is 0.0771. The summed E-state index contributed by atoms with van der Waals surface area (Å²) in [6.45, 7) is 1.56. The Labute approximate surface area is 154 Å². The number of nitro groups is 1. The Balaban J connectivity index is 1.89. The second-order valence-corrected chi connectivity index (χ2v) is 6.58. The van der Waals surface area contributed by atoms with Crippen LogP contribution in [0.15, 0.2) is 36.4 Å². The van der Waals surface area contributed by atoms with Crippen molar-refractivity contribution in [1.82, 2.24) is 0 Å².